The van der Waals surface area contributed by atoms with Crippen LogP contribution in [0.5, 0.6) is 0 Å². The molecule has 0 radical (unpaired) electrons. The number of amides is 2. The fourth-order valence-electron chi connectivity index (χ4n) is 3.12. The monoisotopic (exact) mass is 372 g/mol. The van der Waals surface area contributed by atoms with E-state index in [1.54, 1.807) is 6.07 Å². The molecular weight excluding hydrogens is 356 g/mol. The molecule has 0 N–H and O–H groups in total. The van der Waals surface area contributed by atoms with Crippen LogP contribution in [0.25, 0.3) is 10.9 Å². The third-order valence-electron chi connectivity index (χ3n) is 4.53. The first-order valence-corrected chi connectivity index (χ1v) is 8.71. The SMILES string of the molecule is C=CCN1C(=O)c2ccc(C(=O)OCc3ccc4ccccc4n3)cc2C1=O. The maximum absolute atomic E-state index is 12.4. The number of carbonyl (C=O) groups is 3. The highest BCUT2D eigenvalue weighted by atomic mass is 16.5. The standard InChI is InChI=1S/C22H16N2O4/c1-2-11-24-20(25)17-10-8-15(12-18(17)21(24)26)22(27)28-13-16-9-7-14-5-3-4-6-19(14)23-16/h2-10,12H,1,11,13H2. The normalized spacial score (nSPS) is 12.9. The number of nitrogens with zero attached hydrogens (tertiary/aromatic N) is 2. The Morgan fingerprint density at radius 3 is 2.64 bits per heavy atom. The first kappa shape index (κ1) is 17.6. The van der Waals surface area contributed by atoms with Crippen molar-refractivity contribution >= 4 is 28.7 Å². The summed E-state index contributed by atoms with van der Waals surface area (Å²) in [5.41, 5.74) is 2.13. The van der Waals surface area contributed by atoms with Gasteiger partial charge in [0.1, 0.15) is 6.61 Å². The Labute approximate surface area is 161 Å². The van der Waals surface area contributed by atoms with E-state index in [-0.39, 0.29) is 35.7 Å². The van der Waals surface area contributed by atoms with Crippen molar-refractivity contribution in [2.45, 2.75) is 6.61 Å². The maximum atomic E-state index is 12.4. The molecule has 0 bridgehead atoms. The molecule has 2 heterocycles. The van der Waals surface area contributed by atoms with Gasteiger partial charge in [0.25, 0.3) is 11.8 Å². The smallest absolute Gasteiger partial charge is 0.338 e. The topological polar surface area (TPSA) is 76.6 Å². The summed E-state index contributed by atoms with van der Waals surface area (Å²) >= 11 is 0. The summed E-state index contributed by atoms with van der Waals surface area (Å²) in [6.07, 6.45) is 1.48. The highest BCUT2D eigenvalue weighted by Gasteiger charge is 2.35. The zero-order chi connectivity index (χ0) is 19.7. The molecule has 2 aromatic carbocycles. The Kier molecular flexibility index (Phi) is 4.45. The highest BCUT2D eigenvalue weighted by Crippen LogP contribution is 2.24. The lowest BCUT2D eigenvalue weighted by molar-refractivity contribution is 0.0467. The van der Waals surface area contributed by atoms with Crippen LogP contribution >= 0.6 is 0 Å². The summed E-state index contributed by atoms with van der Waals surface area (Å²) < 4.78 is 5.33. The summed E-state index contributed by atoms with van der Waals surface area (Å²) in [4.78, 5) is 42.5. The number of hydrogen-bond donors (Lipinski definition) is 0. The van der Waals surface area contributed by atoms with Gasteiger partial charge in [0, 0.05) is 11.9 Å². The molecule has 0 unspecified atom stereocenters. The molecule has 6 nitrogen and oxygen atoms in total. The number of carbonyl (C=O) groups excluding carboxylic acids is 3. The first-order valence-electron chi connectivity index (χ1n) is 8.71. The van der Waals surface area contributed by atoms with Gasteiger partial charge in [0.05, 0.1) is 27.9 Å². The molecule has 4 rings (SSSR count). The lowest BCUT2D eigenvalue weighted by Gasteiger charge is -2.09. The van der Waals surface area contributed by atoms with E-state index in [1.165, 1.54) is 24.3 Å². The average Bonchev–Trinajstić information content (AvgIpc) is 2.96. The summed E-state index contributed by atoms with van der Waals surface area (Å²) in [7, 11) is 0. The van der Waals surface area contributed by atoms with E-state index in [1.807, 2.05) is 30.3 Å². The van der Waals surface area contributed by atoms with E-state index in [0.29, 0.717) is 5.69 Å². The van der Waals surface area contributed by atoms with E-state index in [4.69, 9.17) is 4.74 Å². The van der Waals surface area contributed by atoms with Crippen molar-refractivity contribution in [2.24, 2.45) is 0 Å². The summed E-state index contributed by atoms with van der Waals surface area (Å²) in [5.74, 6) is -1.41. The van der Waals surface area contributed by atoms with Gasteiger partial charge in [-0.25, -0.2) is 9.78 Å². The Bertz CT molecular complexity index is 1140. The molecule has 0 saturated heterocycles. The van der Waals surface area contributed by atoms with Crippen LogP contribution in [0.2, 0.25) is 0 Å². The van der Waals surface area contributed by atoms with Crippen molar-refractivity contribution in [3.63, 3.8) is 0 Å². The van der Waals surface area contributed by atoms with Crippen molar-refractivity contribution in [1.82, 2.24) is 9.88 Å². The Morgan fingerprint density at radius 2 is 1.82 bits per heavy atom. The quantitative estimate of drug-likeness (QED) is 0.390. The molecule has 6 heteroatoms. The van der Waals surface area contributed by atoms with Crippen molar-refractivity contribution in [3.8, 4) is 0 Å². The van der Waals surface area contributed by atoms with E-state index in [0.717, 1.165) is 15.8 Å². The van der Waals surface area contributed by atoms with Crippen LogP contribution in [0.1, 0.15) is 36.8 Å². The lowest BCUT2D eigenvalue weighted by Crippen LogP contribution is -2.29. The van der Waals surface area contributed by atoms with Crippen molar-refractivity contribution < 1.29 is 19.1 Å². The number of aromatic nitrogens is 1. The van der Waals surface area contributed by atoms with E-state index in [9.17, 15) is 14.4 Å². The predicted molar refractivity (Wildman–Crippen MR) is 103 cm³/mol. The van der Waals surface area contributed by atoms with Gasteiger partial charge in [-0.05, 0) is 30.3 Å². The van der Waals surface area contributed by atoms with Crippen LogP contribution in [0.4, 0.5) is 0 Å². The predicted octanol–water partition coefficient (Wildman–Crippen LogP) is 3.37. The number of benzene rings is 2. The van der Waals surface area contributed by atoms with Gasteiger partial charge in [-0.1, -0.05) is 30.3 Å². The molecule has 3 aromatic rings. The molecule has 0 fully saturated rings. The van der Waals surface area contributed by atoms with Crippen LogP contribution in [0, 0.1) is 0 Å². The molecule has 0 aliphatic carbocycles. The largest absolute Gasteiger partial charge is 0.456 e. The molecule has 0 atom stereocenters. The molecule has 138 valence electrons. The fraction of sp³-hybridized carbons (Fsp3) is 0.0909. The van der Waals surface area contributed by atoms with Gasteiger partial charge in [-0.15, -0.1) is 6.58 Å². The minimum atomic E-state index is -0.583. The number of hydrogen-bond acceptors (Lipinski definition) is 5. The van der Waals surface area contributed by atoms with Gasteiger partial charge in [-0.3, -0.25) is 14.5 Å². The number of pyridine rings is 1. The summed E-state index contributed by atoms with van der Waals surface area (Å²) in [6.45, 7) is 3.68. The number of fused-ring (bicyclic) bond motifs is 2. The number of esters is 1. The molecule has 1 aliphatic heterocycles. The fourth-order valence-corrected chi connectivity index (χ4v) is 3.12. The molecule has 0 saturated carbocycles. The van der Waals surface area contributed by atoms with Crippen LogP contribution in [0.15, 0.2) is 67.3 Å². The number of rotatable bonds is 5. The van der Waals surface area contributed by atoms with Gasteiger partial charge < -0.3 is 4.74 Å². The van der Waals surface area contributed by atoms with E-state index < -0.39 is 11.9 Å². The molecular formula is C22H16N2O4. The summed E-state index contributed by atoms with van der Waals surface area (Å²) in [6, 6.07) is 15.7. The second-order valence-corrected chi connectivity index (χ2v) is 6.34. The van der Waals surface area contributed by atoms with Gasteiger partial charge in [-0.2, -0.15) is 0 Å². The molecule has 28 heavy (non-hydrogen) atoms. The number of para-hydroxylation sites is 1. The molecule has 2 amide bonds. The zero-order valence-electron chi connectivity index (χ0n) is 14.9. The minimum absolute atomic E-state index is 0.0101. The van der Waals surface area contributed by atoms with Crippen molar-refractivity contribution in [2.75, 3.05) is 6.54 Å². The number of ether oxygens (including phenoxy) is 1. The minimum Gasteiger partial charge on any atom is -0.456 e. The Balaban J connectivity index is 1.51. The van der Waals surface area contributed by atoms with Crippen LogP contribution in [-0.4, -0.2) is 34.2 Å². The van der Waals surface area contributed by atoms with Gasteiger partial charge in [0.15, 0.2) is 0 Å². The third kappa shape index (κ3) is 3.05. The van der Waals surface area contributed by atoms with Gasteiger partial charge >= 0.3 is 5.97 Å². The Morgan fingerprint density at radius 1 is 1.04 bits per heavy atom. The summed E-state index contributed by atoms with van der Waals surface area (Å²) in [5, 5.41) is 1.00. The molecule has 1 aromatic heterocycles. The second-order valence-electron chi connectivity index (χ2n) is 6.34. The highest BCUT2D eigenvalue weighted by molar-refractivity contribution is 6.22. The third-order valence-corrected chi connectivity index (χ3v) is 4.53. The van der Waals surface area contributed by atoms with Crippen LogP contribution in [0.3, 0.4) is 0 Å². The molecule has 0 spiro atoms. The van der Waals surface area contributed by atoms with Crippen molar-refractivity contribution in [1.29, 1.82) is 0 Å². The second kappa shape index (κ2) is 7.08. The van der Waals surface area contributed by atoms with Crippen molar-refractivity contribution in [3.05, 3.63) is 89.6 Å². The van der Waals surface area contributed by atoms with Crippen LogP contribution < -0.4 is 0 Å². The van der Waals surface area contributed by atoms with E-state index in [2.05, 4.69) is 11.6 Å². The van der Waals surface area contributed by atoms with Crippen LogP contribution in [-0.2, 0) is 11.3 Å². The van der Waals surface area contributed by atoms with E-state index >= 15 is 0 Å². The maximum Gasteiger partial charge on any atom is 0.338 e. The molecule has 1 aliphatic rings. The zero-order valence-corrected chi connectivity index (χ0v) is 14.9. The lowest BCUT2D eigenvalue weighted by atomic mass is 10.1. The number of imide groups is 1. The first-order chi connectivity index (χ1) is 13.6. The van der Waals surface area contributed by atoms with Gasteiger partial charge in [0.2, 0.25) is 0 Å². The Hall–Kier alpha value is -3.80. The average molecular weight is 372 g/mol.